The molecule has 0 spiro atoms. The number of benzene rings is 2. The summed E-state index contributed by atoms with van der Waals surface area (Å²) in [5.74, 6) is 0.610. The van der Waals surface area contributed by atoms with E-state index in [1.54, 1.807) is 19.1 Å². The van der Waals surface area contributed by atoms with Crippen LogP contribution in [0.25, 0.3) is 10.9 Å². The van der Waals surface area contributed by atoms with Crippen molar-refractivity contribution in [2.75, 3.05) is 12.4 Å². The van der Waals surface area contributed by atoms with E-state index in [4.69, 9.17) is 4.74 Å². The van der Waals surface area contributed by atoms with Gasteiger partial charge in [0.2, 0.25) is 0 Å². The van der Waals surface area contributed by atoms with E-state index < -0.39 is 0 Å². The number of aromatic nitrogens is 2. The molecule has 0 radical (unpaired) electrons. The van der Waals surface area contributed by atoms with Crippen molar-refractivity contribution in [1.29, 1.82) is 0 Å². The fourth-order valence-electron chi connectivity index (χ4n) is 2.23. The van der Waals surface area contributed by atoms with Crippen LogP contribution < -0.4 is 10.1 Å². The highest BCUT2D eigenvalue weighted by Crippen LogP contribution is 2.33. The first-order valence-corrected chi connectivity index (χ1v) is 6.63. The van der Waals surface area contributed by atoms with E-state index in [9.17, 15) is 9.50 Å². The number of aryl methyl sites for hydroxylation is 1. The fourth-order valence-corrected chi connectivity index (χ4v) is 2.23. The summed E-state index contributed by atoms with van der Waals surface area (Å²) in [5.41, 5.74) is 2.08. The van der Waals surface area contributed by atoms with Crippen LogP contribution in [0.15, 0.2) is 36.7 Å². The molecule has 3 rings (SSSR count). The number of hydrogen-bond acceptors (Lipinski definition) is 5. The molecule has 112 valence electrons. The number of halogens is 1. The van der Waals surface area contributed by atoms with Crippen LogP contribution >= 0.6 is 0 Å². The number of phenolic OH excluding ortho intramolecular Hbond substituents is 1. The Balaban J connectivity index is 2.10. The van der Waals surface area contributed by atoms with E-state index in [0.29, 0.717) is 22.5 Å². The predicted molar refractivity (Wildman–Crippen MR) is 82.2 cm³/mol. The van der Waals surface area contributed by atoms with E-state index in [2.05, 4.69) is 15.3 Å². The van der Waals surface area contributed by atoms with Crippen molar-refractivity contribution in [2.45, 2.75) is 6.92 Å². The third-order valence-corrected chi connectivity index (χ3v) is 3.38. The van der Waals surface area contributed by atoms with Crippen LogP contribution in [0, 0.1) is 12.7 Å². The number of fused-ring (bicyclic) bond motifs is 1. The SMILES string of the molecule is COc1cc2c(Nc3ccc(F)cc3C)ncnc2cc1O. The molecule has 1 heterocycles. The van der Waals surface area contributed by atoms with Gasteiger partial charge in [-0.05, 0) is 36.8 Å². The van der Waals surface area contributed by atoms with E-state index in [-0.39, 0.29) is 11.6 Å². The lowest BCUT2D eigenvalue weighted by Gasteiger charge is -2.12. The first kappa shape index (κ1) is 14.1. The number of rotatable bonds is 3. The van der Waals surface area contributed by atoms with Crippen molar-refractivity contribution in [3.63, 3.8) is 0 Å². The molecule has 5 nitrogen and oxygen atoms in total. The summed E-state index contributed by atoms with van der Waals surface area (Å²) >= 11 is 0. The molecule has 0 unspecified atom stereocenters. The van der Waals surface area contributed by atoms with Crippen molar-refractivity contribution >= 4 is 22.4 Å². The number of ether oxygens (including phenoxy) is 1. The largest absolute Gasteiger partial charge is 0.504 e. The summed E-state index contributed by atoms with van der Waals surface area (Å²) in [6, 6.07) is 7.64. The summed E-state index contributed by atoms with van der Waals surface area (Å²) in [6.07, 6.45) is 1.40. The average Bonchev–Trinajstić information content (AvgIpc) is 2.49. The second kappa shape index (κ2) is 5.48. The summed E-state index contributed by atoms with van der Waals surface area (Å²) in [4.78, 5) is 8.35. The van der Waals surface area contributed by atoms with Gasteiger partial charge in [0.25, 0.3) is 0 Å². The van der Waals surface area contributed by atoms with Gasteiger partial charge in [-0.1, -0.05) is 0 Å². The number of nitrogens with zero attached hydrogens (tertiary/aromatic N) is 2. The van der Waals surface area contributed by atoms with Crippen LogP contribution in [0.1, 0.15) is 5.56 Å². The molecular weight excluding hydrogens is 285 g/mol. The lowest BCUT2D eigenvalue weighted by Crippen LogP contribution is -1.98. The first-order chi connectivity index (χ1) is 10.6. The highest BCUT2D eigenvalue weighted by atomic mass is 19.1. The molecule has 0 saturated carbocycles. The molecular formula is C16H14FN3O2. The molecule has 0 aliphatic heterocycles. The maximum absolute atomic E-state index is 13.2. The second-order valence-corrected chi connectivity index (χ2v) is 4.85. The number of methoxy groups -OCH3 is 1. The normalized spacial score (nSPS) is 10.7. The van der Waals surface area contributed by atoms with Crippen molar-refractivity contribution in [1.82, 2.24) is 9.97 Å². The number of anilines is 2. The number of nitrogens with one attached hydrogen (secondary N) is 1. The van der Waals surface area contributed by atoms with Gasteiger partial charge in [-0.2, -0.15) is 0 Å². The Bertz CT molecular complexity index is 852. The molecule has 2 aromatic carbocycles. The minimum absolute atomic E-state index is 0.0117. The van der Waals surface area contributed by atoms with Gasteiger partial charge in [-0.3, -0.25) is 0 Å². The minimum atomic E-state index is -0.290. The lowest BCUT2D eigenvalue weighted by molar-refractivity contribution is 0.374. The Hall–Kier alpha value is -2.89. The standard InChI is InChI=1S/C16H14FN3O2/c1-9-5-10(17)3-4-12(9)20-16-11-6-15(22-2)14(21)7-13(11)18-8-19-16/h3-8,21H,1-2H3,(H,18,19,20). The Labute approximate surface area is 126 Å². The van der Waals surface area contributed by atoms with E-state index in [1.165, 1.54) is 31.6 Å². The zero-order chi connectivity index (χ0) is 15.7. The van der Waals surface area contributed by atoms with Gasteiger partial charge in [0.15, 0.2) is 11.5 Å². The summed E-state index contributed by atoms with van der Waals surface area (Å²) < 4.78 is 18.3. The zero-order valence-electron chi connectivity index (χ0n) is 12.1. The summed E-state index contributed by atoms with van der Waals surface area (Å²) in [7, 11) is 1.47. The number of aromatic hydroxyl groups is 1. The quantitative estimate of drug-likeness (QED) is 0.774. The average molecular weight is 299 g/mol. The smallest absolute Gasteiger partial charge is 0.161 e. The Morgan fingerprint density at radius 1 is 1.18 bits per heavy atom. The van der Waals surface area contributed by atoms with Crippen molar-refractivity contribution in [3.05, 3.63) is 48.0 Å². The van der Waals surface area contributed by atoms with Crippen molar-refractivity contribution in [2.24, 2.45) is 0 Å². The molecule has 3 aromatic rings. The zero-order valence-corrected chi connectivity index (χ0v) is 12.1. The van der Waals surface area contributed by atoms with Crippen LogP contribution in [-0.4, -0.2) is 22.2 Å². The predicted octanol–water partition coefficient (Wildman–Crippen LogP) is 3.54. The van der Waals surface area contributed by atoms with Gasteiger partial charge in [-0.15, -0.1) is 0 Å². The van der Waals surface area contributed by atoms with Crippen LogP contribution in [-0.2, 0) is 0 Å². The van der Waals surface area contributed by atoms with Crippen LogP contribution in [0.5, 0.6) is 11.5 Å². The molecule has 0 atom stereocenters. The first-order valence-electron chi connectivity index (χ1n) is 6.63. The van der Waals surface area contributed by atoms with Crippen molar-refractivity contribution < 1.29 is 14.2 Å². The number of hydrogen-bond donors (Lipinski definition) is 2. The van der Waals surface area contributed by atoms with E-state index in [1.807, 2.05) is 0 Å². The molecule has 1 aromatic heterocycles. The lowest BCUT2D eigenvalue weighted by atomic mass is 10.1. The minimum Gasteiger partial charge on any atom is -0.504 e. The maximum Gasteiger partial charge on any atom is 0.161 e. The van der Waals surface area contributed by atoms with E-state index >= 15 is 0 Å². The molecule has 0 amide bonds. The van der Waals surface area contributed by atoms with Gasteiger partial charge >= 0.3 is 0 Å². The number of phenols is 1. The van der Waals surface area contributed by atoms with Gasteiger partial charge in [-0.25, -0.2) is 14.4 Å². The highest BCUT2D eigenvalue weighted by Gasteiger charge is 2.10. The summed E-state index contributed by atoms with van der Waals surface area (Å²) in [6.45, 7) is 1.81. The third-order valence-electron chi connectivity index (χ3n) is 3.38. The Morgan fingerprint density at radius 3 is 2.73 bits per heavy atom. The molecule has 0 fully saturated rings. The van der Waals surface area contributed by atoms with Crippen LogP contribution in [0.4, 0.5) is 15.9 Å². The van der Waals surface area contributed by atoms with Gasteiger partial charge < -0.3 is 15.2 Å². The van der Waals surface area contributed by atoms with Crippen LogP contribution in [0.2, 0.25) is 0 Å². The Morgan fingerprint density at radius 2 is 2.00 bits per heavy atom. The van der Waals surface area contributed by atoms with E-state index in [0.717, 1.165) is 11.3 Å². The van der Waals surface area contributed by atoms with Crippen LogP contribution in [0.3, 0.4) is 0 Å². The molecule has 0 bridgehead atoms. The third kappa shape index (κ3) is 2.50. The molecule has 0 aliphatic rings. The molecule has 0 saturated heterocycles. The van der Waals surface area contributed by atoms with Gasteiger partial charge in [0.1, 0.15) is 18.0 Å². The second-order valence-electron chi connectivity index (χ2n) is 4.85. The molecule has 2 N–H and O–H groups in total. The maximum atomic E-state index is 13.2. The van der Waals surface area contributed by atoms with Gasteiger partial charge in [0, 0.05) is 17.1 Å². The fraction of sp³-hybridized carbons (Fsp3) is 0.125. The topological polar surface area (TPSA) is 67.3 Å². The molecule has 6 heteroatoms. The Kier molecular flexibility index (Phi) is 3.50. The molecule has 22 heavy (non-hydrogen) atoms. The van der Waals surface area contributed by atoms with Crippen molar-refractivity contribution in [3.8, 4) is 11.5 Å². The monoisotopic (exact) mass is 299 g/mol. The molecule has 0 aliphatic carbocycles. The van der Waals surface area contributed by atoms with Gasteiger partial charge in [0.05, 0.1) is 12.6 Å². The summed E-state index contributed by atoms with van der Waals surface area (Å²) in [5, 5.41) is 13.7. The highest BCUT2D eigenvalue weighted by molar-refractivity contribution is 5.93.